The van der Waals surface area contributed by atoms with E-state index in [0.717, 1.165) is 30.7 Å². The van der Waals surface area contributed by atoms with Crippen molar-refractivity contribution in [1.29, 1.82) is 0 Å². The van der Waals surface area contributed by atoms with Crippen LogP contribution in [0.3, 0.4) is 0 Å². The van der Waals surface area contributed by atoms with Gasteiger partial charge in [-0.3, -0.25) is 5.01 Å². The average molecular weight is 299 g/mol. The van der Waals surface area contributed by atoms with Crippen molar-refractivity contribution in [2.24, 2.45) is 26.7 Å². The van der Waals surface area contributed by atoms with Crippen molar-refractivity contribution in [2.45, 2.75) is 25.9 Å². The van der Waals surface area contributed by atoms with Crippen LogP contribution in [0.15, 0.2) is 39.4 Å². The van der Waals surface area contributed by atoms with Crippen molar-refractivity contribution in [2.75, 3.05) is 13.2 Å². The van der Waals surface area contributed by atoms with Crippen LogP contribution in [-0.2, 0) is 0 Å². The molecule has 2 atom stereocenters. The van der Waals surface area contributed by atoms with Gasteiger partial charge in [0.15, 0.2) is 6.17 Å². The summed E-state index contributed by atoms with van der Waals surface area (Å²) in [5.74, 6) is 0.464. The molecule has 116 valence electrons. The first kappa shape index (κ1) is 14.7. The standard InChI is InChI=1S/C16H21N5O/c1-11-4-6-12(7-5-11)14-13-15(17)18-10-19-16(13)21(20-14)8-2-3-9-22/h4-7,10,13,16,22H,2-3,8-9H2,1H3,(H2,17,18,19). The number of fused-ring (bicyclic) bond motifs is 1. The second kappa shape index (κ2) is 6.27. The normalized spacial score (nSPS) is 23.3. The summed E-state index contributed by atoms with van der Waals surface area (Å²) in [5, 5.41) is 15.7. The van der Waals surface area contributed by atoms with Gasteiger partial charge >= 0.3 is 0 Å². The van der Waals surface area contributed by atoms with Crippen molar-refractivity contribution in [3.05, 3.63) is 35.4 Å². The van der Waals surface area contributed by atoms with Gasteiger partial charge in [-0.25, -0.2) is 9.98 Å². The third-order valence-electron chi connectivity index (χ3n) is 4.02. The Hall–Kier alpha value is -2.21. The number of aliphatic imine (C=N–C) groups is 2. The molecule has 2 heterocycles. The molecule has 6 heteroatoms. The quantitative estimate of drug-likeness (QED) is 0.799. The van der Waals surface area contributed by atoms with Crippen molar-refractivity contribution >= 4 is 17.9 Å². The molecule has 0 fully saturated rings. The highest BCUT2D eigenvalue weighted by molar-refractivity contribution is 6.17. The zero-order valence-corrected chi connectivity index (χ0v) is 12.7. The molecule has 0 saturated heterocycles. The molecule has 2 aliphatic rings. The number of aryl methyl sites for hydroxylation is 1. The van der Waals surface area contributed by atoms with E-state index in [0.29, 0.717) is 5.84 Å². The summed E-state index contributed by atoms with van der Waals surface area (Å²) in [7, 11) is 0. The average Bonchev–Trinajstić information content (AvgIpc) is 2.89. The van der Waals surface area contributed by atoms with E-state index >= 15 is 0 Å². The second-order valence-corrected chi connectivity index (χ2v) is 5.65. The number of hydrogen-bond acceptors (Lipinski definition) is 6. The lowest BCUT2D eigenvalue weighted by Gasteiger charge is -2.25. The summed E-state index contributed by atoms with van der Waals surface area (Å²) in [5.41, 5.74) is 9.30. The zero-order chi connectivity index (χ0) is 15.5. The maximum absolute atomic E-state index is 8.95. The lowest BCUT2D eigenvalue weighted by molar-refractivity contribution is 0.206. The van der Waals surface area contributed by atoms with Crippen LogP contribution < -0.4 is 5.73 Å². The number of aliphatic hydroxyl groups is 1. The number of nitrogens with zero attached hydrogens (tertiary/aromatic N) is 4. The number of unbranched alkanes of at least 4 members (excludes halogenated alkanes) is 1. The predicted molar refractivity (Wildman–Crippen MR) is 88.1 cm³/mol. The molecule has 22 heavy (non-hydrogen) atoms. The van der Waals surface area contributed by atoms with E-state index in [-0.39, 0.29) is 18.7 Å². The van der Waals surface area contributed by atoms with Gasteiger partial charge in [-0.2, -0.15) is 5.10 Å². The fourth-order valence-corrected chi connectivity index (χ4v) is 2.81. The van der Waals surface area contributed by atoms with Crippen molar-refractivity contribution < 1.29 is 5.11 Å². The lowest BCUT2D eigenvalue weighted by atomic mass is 9.93. The molecule has 0 aliphatic carbocycles. The number of benzene rings is 1. The van der Waals surface area contributed by atoms with Gasteiger partial charge in [0, 0.05) is 13.2 Å². The molecule has 0 saturated carbocycles. The van der Waals surface area contributed by atoms with Crippen LogP contribution in [0.5, 0.6) is 0 Å². The summed E-state index contributed by atoms with van der Waals surface area (Å²) in [6.45, 7) is 3.01. The van der Waals surface area contributed by atoms with E-state index in [2.05, 4.69) is 41.2 Å². The molecule has 0 bridgehead atoms. The highest BCUT2D eigenvalue weighted by atomic mass is 16.2. The maximum atomic E-state index is 8.95. The number of hydrogen-bond donors (Lipinski definition) is 2. The Morgan fingerprint density at radius 3 is 2.73 bits per heavy atom. The molecule has 3 N–H and O–H groups in total. The van der Waals surface area contributed by atoms with Crippen LogP contribution in [0.1, 0.15) is 24.0 Å². The number of aliphatic hydroxyl groups excluding tert-OH is 1. The van der Waals surface area contributed by atoms with E-state index in [4.69, 9.17) is 15.9 Å². The SMILES string of the molecule is Cc1ccc(C2=NN(CCCCO)C3N=CN=C(N)C23)cc1. The minimum Gasteiger partial charge on any atom is -0.396 e. The van der Waals surface area contributed by atoms with Crippen LogP contribution in [0.4, 0.5) is 0 Å². The fraction of sp³-hybridized carbons (Fsp3) is 0.438. The van der Waals surface area contributed by atoms with Crippen molar-refractivity contribution in [3.63, 3.8) is 0 Å². The number of rotatable bonds is 5. The van der Waals surface area contributed by atoms with Crippen LogP contribution in [-0.4, -0.2) is 47.3 Å². The third-order valence-corrected chi connectivity index (χ3v) is 4.02. The topological polar surface area (TPSA) is 86.6 Å². The maximum Gasteiger partial charge on any atom is 0.154 e. The lowest BCUT2D eigenvalue weighted by Crippen LogP contribution is -2.42. The first-order valence-electron chi connectivity index (χ1n) is 7.58. The molecule has 0 amide bonds. The molecule has 3 rings (SSSR count). The van der Waals surface area contributed by atoms with Crippen LogP contribution >= 0.6 is 0 Å². The van der Waals surface area contributed by atoms with Crippen LogP contribution in [0, 0.1) is 12.8 Å². The number of nitrogens with two attached hydrogens (primary N) is 1. The molecular formula is C16H21N5O. The minimum absolute atomic E-state index is 0.0955. The molecule has 2 unspecified atom stereocenters. The molecular weight excluding hydrogens is 278 g/mol. The molecule has 0 radical (unpaired) electrons. The smallest absolute Gasteiger partial charge is 0.154 e. The third kappa shape index (κ3) is 2.74. The van der Waals surface area contributed by atoms with Crippen LogP contribution in [0.25, 0.3) is 0 Å². The van der Waals surface area contributed by atoms with Gasteiger partial charge in [0.25, 0.3) is 0 Å². The molecule has 2 aliphatic heterocycles. The van der Waals surface area contributed by atoms with Crippen molar-refractivity contribution in [3.8, 4) is 0 Å². The second-order valence-electron chi connectivity index (χ2n) is 5.65. The van der Waals surface area contributed by atoms with Gasteiger partial charge in [0.1, 0.15) is 18.1 Å². The van der Waals surface area contributed by atoms with Gasteiger partial charge in [-0.05, 0) is 25.3 Å². The summed E-state index contributed by atoms with van der Waals surface area (Å²) in [4.78, 5) is 8.60. The molecule has 6 nitrogen and oxygen atoms in total. The largest absolute Gasteiger partial charge is 0.396 e. The fourth-order valence-electron chi connectivity index (χ4n) is 2.81. The van der Waals surface area contributed by atoms with Gasteiger partial charge in [-0.15, -0.1) is 0 Å². The summed E-state index contributed by atoms with van der Waals surface area (Å²) < 4.78 is 0. The summed E-state index contributed by atoms with van der Waals surface area (Å²) >= 11 is 0. The number of amidine groups is 1. The van der Waals surface area contributed by atoms with Gasteiger partial charge in [-0.1, -0.05) is 29.8 Å². The van der Waals surface area contributed by atoms with Gasteiger partial charge in [0.2, 0.25) is 0 Å². The molecule has 0 spiro atoms. The molecule has 0 aromatic heterocycles. The zero-order valence-electron chi connectivity index (χ0n) is 12.7. The Balaban J connectivity index is 1.88. The van der Waals surface area contributed by atoms with Crippen LogP contribution in [0.2, 0.25) is 0 Å². The number of hydrazone groups is 1. The van der Waals surface area contributed by atoms with E-state index < -0.39 is 0 Å². The van der Waals surface area contributed by atoms with E-state index in [1.54, 1.807) is 0 Å². The Kier molecular flexibility index (Phi) is 4.20. The molecule has 1 aromatic carbocycles. The monoisotopic (exact) mass is 299 g/mol. The summed E-state index contributed by atoms with van der Waals surface area (Å²) in [6.07, 6.45) is 3.03. The predicted octanol–water partition coefficient (Wildman–Crippen LogP) is 1.13. The minimum atomic E-state index is -0.118. The van der Waals surface area contributed by atoms with Crippen molar-refractivity contribution in [1.82, 2.24) is 5.01 Å². The van der Waals surface area contributed by atoms with Gasteiger partial charge < -0.3 is 10.8 Å². The Labute approximate surface area is 130 Å². The first-order valence-corrected chi connectivity index (χ1v) is 7.58. The first-order chi connectivity index (χ1) is 10.7. The highest BCUT2D eigenvalue weighted by Gasteiger charge is 2.41. The van der Waals surface area contributed by atoms with E-state index in [9.17, 15) is 0 Å². The molecule has 1 aromatic rings. The highest BCUT2D eigenvalue weighted by Crippen LogP contribution is 2.29. The Morgan fingerprint density at radius 1 is 1.23 bits per heavy atom. The van der Waals surface area contributed by atoms with Gasteiger partial charge in [0.05, 0.1) is 5.71 Å². The Bertz CT molecular complexity index is 620. The Morgan fingerprint density at radius 2 is 2.00 bits per heavy atom. The van der Waals surface area contributed by atoms with E-state index in [1.165, 1.54) is 11.9 Å². The van der Waals surface area contributed by atoms with E-state index in [1.807, 2.05) is 5.01 Å². The summed E-state index contributed by atoms with van der Waals surface area (Å²) in [6, 6.07) is 8.27.